The van der Waals surface area contributed by atoms with Crippen LogP contribution in [0.25, 0.3) is 12.2 Å². The molecule has 0 amide bonds. The Morgan fingerprint density at radius 2 is 1.62 bits per heavy atom. The SMILES string of the molecule is O=C(O)c1ccc(Cn2cc(C3c4ccc(Cl)cc4C=Cc4cc(Cl)ccc43)c(=S)[nH]c2=O)o1. The quantitative estimate of drug-likeness (QED) is 0.280. The van der Waals surface area contributed by atoms with Gasteiger partial charge in [0.15, 0.2) is 0 Å². The van der Waals surface area contributed by atoms with Crippen molar-refractivity contribution in [1.82, 2.24) is 9.55 Å². The molecule has 0 saturated heterocycles. The number of nitrogens with zero attached hydrogens (tertiary/aromatic N) is 1. The van der Waals surface area contributed by atoms with Crippen LogP contribution in [0.15, 0.2) is 63.9 Å². The van der Waals surface area contributed by atoms with Gasteiger partial charge >= 0.3 is 11.7 Å². The predicted molar refractivity (Wildman–Crippen MR) is 133 cm³/mol. The minimum atomic E-state index is -1.18. The van der Waals surface area contributed by atoms with E-state index in [1.165, 1.54) is 16.7 Å². The second-order valence-electron chi connectivity index (χ2n) is 7.86. The Balaban J connectivity index is 1.69. The summed E-state index contributed by atoms with van der Waals surface area (Å²) in [6.07, 6.45) is 5.65. The molecular weight excluding hydrogens is 495 g/mol. The molecule has 0 unspecified atom stereocenters. The van der Waals surface area contributed by atoms with Gasteiger partial charge in [0.05, 0.1) is 6.54 Å². The molecule has 9 heteroatoms. The number of aromatic carboxylic acids is 1. The standard InChI is InChI=1S/C25H16Cl2N2O4S/c26-15-3-6-18-13(9-15)1-2-14-10-16(27)4-7-19(14)22(18)20-12-29(25(32)28-23(20)34)11-17-5-8-21(33-17)24(30)31/h1-10,12,22H,11H2,(H,30,31)(H,28,32,34). The summed E-state index contributed by atoms with van der Waals surface area (Å²) >= 11 is 18.1. The number of benzene rings is 2. The van der Waals surface area contributed by atoms with Crippen LogP contribution in [-0.4, -0.2) is 20.6 Å². The van der Waals surface area contributed by atoms with E-state index in [4.69, 9.17) is 44.9 Å². The highest BCUT2D eigenvalue weighted by Gasteiger charge is 2.26. The van der Waals surface area contributed by atoms with Gasteiger partial charge in [-0.3, -0.25) is 9.55 Å². The smallest absolute Gasteiger partial charge is 0.371 e. The van der Waals surface area contributed by atoms with Crippen LogP contribution in [0.5, 0.6) is 0 Å². The molecule has 0 spiro atoms. The van der Waals surface area contributed by atoms with E-state index in [-0.39, 0.29) is 18.2 Å². The molecule has 4 aromatic rings. The Labute approximate surface area is 208 Å². The van der Waals surface area contributed by atoms with Crippen molar-refractivity contribution in [2.75, 3.05) is 0 Å². The van der Waals surface area contributed by atoms with Gasteiger partial charge in [0.1, 0.15) is 10.4 Å². The molecule has 2 N–H and O–H groups in total. The first kappa shape index (κ1) is 22.4. The molecule has 0 fully saturated rings. The van der Waals surface area contributed by atoms with Crippen LogP contribution in [0.4, 0.5) is 0 Å². The van der Waals surface area contributed by atoms with Gasteiger partial charge in [0, 0.05) is 27.7 Å². The molecule has 0 bridgehead atoms. The highest BCUT2D eigenvalue weighted by atomic mass is 35.5. The molecular formula is C25H16Cl2N2O4S. The predicted octanol–water partition coefficient (Wildman–Crippen LogP) is 6.22. The van der Waals surface area contributed by atoms with Crippen LogP contribution in [0.3, 0.4) is 0 Å². The number of halogens is 2. The second kappa shape index (κ2) is 8.76. The number of nitrogens with one attached hydrogen (secondary N) is 1. The number of carbonyl (C=O) groups is 1. The van der Waals surface area contributed by atoms with E-state index >= 15 is 0 Å². The van der Waals surface area contributed by atoms with Crippen LogP contribution >= 0.6 is 35.4 Å². The summed E-state index contributed by atoms with van der Waals surface area (Å²) in [6.45, 7) is 0.0388. The third kappa shape index (κ3) is 4.14. The number of fused-ring (bicyclic) bond motifs is 2. The van der Waals surface area contributed by atoms with E-state index in [1.807, 2.05) is 48.6 Å². The van der Waals surface area contributed by atoms with Gasteiger partial charge in [-0.1, -0.05) is 59.7 Å². The van der Waals surface area contributed by atoms with Gasteiger partial charge in [-0.15, -0.1) is 0 Å². The summed E-state index contributed by atoms with van der Waals surface area (Å²) in [6, 6.07) is 14.2. The van der Waals surface area contributed by atoms with Gasteiger partial charge in [-0.2, -0.15) is 0 Å². The third-order valence-corrected chi connectivity index (χ3v) is 6.52. The second-order valence-corrected chi connectivity index (χ2v) is 9.14. The van der Waals surface area contributed by atoms with E-state index in [9.17, 15) is 9.59 Å². The fourth-order valence-electron chi connectivity index (χ4n) is 4.18. The molecule has 34 heavy (non-hydrogen) atoms. The normalized spacial score (nSPS) is 12.8. The number of H-pyrrole nitrogens is 1. The third-order valence-electron chi connectivity index (χ3n) is 5.71. The van der Waals surface area contributed by atoms with E-state index in [1.54, 1.807) is 6.20 Å². The number of carboxylic acids is 1. The number of rotatable bonds is 4. The lowest BCUT2D eigenvalue weighted by Crippen LogP contribution is -2.25. The number of carboxylic acid groups (broad SMARTS) is 1. The average molecular weight is 511 g/mol. The zero-order chi connectivity index (χ0) is 24.0. The monoisotopic (exact) mass is 510 g/mol. The van der Waals surface area contributed by atoms with Crippen LogP contribution < -0.4 is 5.69 Å². The minimum Gasteiger partial charge on any atom is -0.475 e. The Bertz CT molecular complexity index is 1540. The number of aromatic nitrogens is 2. The molecule has 2 aromatic heterocycles. The number of aromatic amines is 1. The first-order valence-electron chi connectivity index (χ1n) is 10.2. The van der Waals surface area contributed by atoms with Crippen molar-refractivity contribution in [3.05, 3.63) is 119 Å². The van der Waals surface area contributed by atoms with Crippen molar-refractivity contribution in [2.24, 2.45) is 0 Å². The summed E-state index contributed by atoms with van der Waals surface area (Å²) in [7, 11) is 0. The molecule has 0 saturated carbocycles. The lowest BCUT2D eigenvalue weighted by molar-refractivity contribution is 0.0660. The van der Waals surface area contributed by atoms with E-state index in [2.05, 4.69) is 4.98 Å². The molecule has 170 valence electrons. The first-order valence-corrected chi connectivity index (χ1v) is 11.4. The average Bonchev–Trinajstić information content (AvgIpc) is 3.20. The Morgan fingerprint density at radius 3 is 2.18 bits per heavy atom. The molecule has 0 radical (unpaired) electrons. The molecule has 5 rings (SSSR count). The number of hydrogen-bond acceptors (Lipinski definition) is 4. The maximum atomic E-state index is 12.7. The summed E-state index contributed by atoms with van der Waals surface area (Å²) in [5.74, 6) is -1.35. The van der Waals surface area contributed by atoms with E-state index in [0.29, 0.717) is 26.0 Å². The lowest BCUT2D eigenvalue weighted by atomic mass is 9.83. The van der Waals surface area contributed by atoms with Crippen LogP contribution in [-0.2, 0) is 6.54 Å². The molecule has 0 atom stereocenters. The highest BCUT2D eigenvalue weighted by molar-refractivity contribution is 7.71. The van der Waals surface area contributed by atoms with Gasteiger partial charge in [-0.25, -0.2) is 9.59 Å². The zero-order valence-corrected chi connectivity index (χ0v) is 19.7. The number of hydrogen-bond donors (Lipinski definition) is 2. The van der Waals surface area contributed by atoms with Crippen molar-refractivity contribution in [3.8, 4) is 0 Å². The van der Waals surface area contributed by atoms with E-state index in [0.717, 1.165) is 22.3 Å². The van der Waals surface area contributed by atoms with Crippen molar-refractivity contribution in [2.45, 2.75) is 12.5 Å². The summed E-state index contributed by atoms with van der Waals surface area (Å²) in [5.41, 5.74) is 4.07. The molecule has 2 heterocycles. The zero-order valence-electron chi connectivity index (χ0n) is 17.4. The van der Waals surface area contributed by atoms with Crippen molar-refractivity contribution in [3.63, 3.8) is 0 Å². The van der Waals surface area contributed by atoms with Crippen LogP contribution in [0.2, 0.25) is 10.0 Å². The van der Waals surface area contributed by atoms with E-state index < -0.39 is 11.7 Å². The Kier molecular flexibility index (Phi) is 5.77. The topological polar surface area (TPSA) is 88.2 Å². The van der Waals surface area contributed by atoms with Gasteiger partial charge in [0.25, 0.3) is 0 Å². The largest absolute Gasteiger partial charge is 0.475 e. The maximum absolute atomic E-state index is 12.7. The van der Waals surface area contributed by atoms with Crippen molar-refractivity contribution < 1.29 is 14.3 Å². The highest BCUT2D eigenvalue weighted by Crippen LogP contribution is 2.40. The van der Waals surface area contributed by atoms with Gasteiger partial charge < -0.3 is 9.52 Å². The van der Waals surface area contributed by atoms with Gasteiger partial charge in [-0.05, 0) is 58.7 Å². The molecule has 0 aliphatic heterocycles. The van der Waals surface area contributed by atoms with Crippen molar-refractivity contribution in [1.29, 1.82) is 0 Å². The summed E-state index contributed by atoms with van der Waals surface area (Å²) in [4.78, 5) is 26.6. The summed E-state index contributed by atoms with van der Waals surface area (Å²) in [5, 5.41) is 10.3. The summed E-state index contributed by atoms with van der Waals surface area (Å²) < 4.78 is 7.06. The van der Waals surface area contributed by atoms with Crippen molar-refractivity contribution >= 4 is 53.5 Å². The Morgan fingerprint density at radius 1 is 1.00 bits per heavy atom. The number of furan rings is 1. The molecule has 6 nitrogen and oxygen atoms in total. The Hall–Kier alpha value is -3.39. The molecule has 2 aromatic carbocycles. The maximum Gasteiger partial charge on any atom is 0.371 e. The molecule has 1 aliphatic carbocycles. The first-order chi connectivity index (χ1) is 16.3. The van der Waals surface area contributed by atoms with Crippen LogP contribution in [0, 0.1) is 4.64 Å². The molecule has 1 aliphatic rings. The lowest BCUT2D eigenvalue weighted by Gasteiger charge is -2.22. The minimum absolute atomic E-state index is 0.0388. The fraction of sp³-hybridized carbons (Fsp3) is 0.0800. The van der Waals surface area contributed by atoms with Gasteiger partial charge in [0.2, 0.25) is 5.76 Å². The fourth-order valence-corrected chi connectivity index (χ4v) is 4.80. The van der Waals surface area contributed by atoms with Crippen LogP contribution in [0.1, 0.15) is 50.1 Å².